The summed E-state index contributed by atoms with van der Waals surface area (Å²) in [5.41, 5.74) is 0.955. The van der Waals surface area contributed by atoms with Crippen LogP contribution in [0.3, 0.4) is 0 Å². The van der Waals surface area contributed by atoms with Gasteiger partial charge >= 0.3 is 12.1 Å². The monoisotopic (exact) mass is 317 g/mol. The first-order valence-electron chi connectivity index (χ1n) is 8.03. The van der Waals surface area contributed by atoms with E-state index in [2.05, 4.69) is 0 Å². The van der Waals surface area contributed by atoms with Crippen molar-refractivity contribution in [2.45, 2.75) is 38.8 Å². The van der Waals surface area contributed by atoms with E-state index < -0.39 is 0 Å². The van der Waals surface area contributed by atoms with Crippen molar-refractivity contribution in [1.82, 2.24) is 4.90 Å². The zero-order valence-corrected chi connectivity index (χ0v) is 13.4. The third kappa shape index (κ3) is 5.43. The van der Waals surface area contributed by atoms with Crippen molar-refractivity contribution in [2.75, 3.05) is 13.2 Å². The fraction of sp³-hybridized carbons (Fsp3) is 0.444. The molecule has 1 aromatic rings. The molecule has 0 aliphatic carbocycles. The number of carbonyl (C=O) groups is 2. The average molecular weight is 317 g/mol. The molecule has 5 heteroatoms. The molecule has 1 aliphatic rings. The molecule has 0 spiro atoms. The molecule has 1 aromatic carbocycles. The maximum atomic E-state index is 12.3. The molecule has 1 saturated heterocycles. The molecule has 0 unspecified atom stereocenters. The molecule has 0 bridgehead atoms. The largest absolute Gasteiger partial charge is 0.463 e. The minimum Gasteiger partial charge on any atom is -0.463 e. The van der Waals surface area contributed by atoms with Crippen molar-refractivity contribution < 1.29 is 19.1 Å². The molecule has 0 N–H and O–H groups in total. The minimum atomic E-state index is -0.379. The molecule has 5 nitrogen and oxygen atoms in total. The van der Waals surface area contributed by atoms with Crippen molar-refractivity contribution in [3.8, 4) is 0 Å². The highest BCUT2D eigenvalue weighted by Gasteiger charge is 2.26. The maximum absolute atomic E-state index is 12.3. The highest BCUT2D eigenvalue weighted by Crippen LogP contribution is 2.19. The van der Waals surface area contributed by atoms with Gasteiger partial charge in [0.2, 0.25) is 0 Å². The summed E-state index contributed by atoms with van der Waals surface area (Å²) in [6, 6.07) is 9.47. The summed E-state index contributed by atoms with van der Waals surface area (Å²) in [6.07, 6.45) is 5.60. The number of likely N-dealkylation sites (tertiary alicyclic amines) is 1. The van der Waals surface area contributed by atoms with Gasteiger partial charge in [0.1, 0.15) is 6.61 Å². The molecule has 1 heterocycles. The number of hydrogen-bond acceptors (Lipinski definition) is 4. The first kappa shape index (κ1) is 17.1. The zero-order valence-electron chi connectivity index (χ0n) is 13.4. The second kappa shape index (κ2) is 8.98. The van der Waals surface area contributed by atoms with E-state index in [0.717, 1.165) is 24.8 Å². The summed E-state index contributed by atoms with van der Waals surface area (Å²) >= 11 is 0. The molecule has 2 rings (SSSR count). The number of esters is 1. The second-order valence-corrected chi connectivity index (χ2v) is 5.41. The van der Waals surface area contributed by atoms with Crippen LogP contribution in [0.5, 0.6) is 0 Å². The van der Waals surface area contributed by atoms with Gasteiger partial charge in [0.05, 0.1) is 12.6 Å². The van der Waals surface area contributed by atoms with E-state index >= 15 is 0 Å². The summed E-state index contributed by atoms with van der Waals surface area (Å²) in [5.74, 6) is -0.379. The van der Waals surface area contributed by atoms with Gasteiger partial charge in [0.15, 0.2) is 0 Å². The number of benzene rings is 1. The lowest BCUT2D eigenvalue weighted by Gasteiger charge is -2.33. The van der Waals surface area contributed by atoms with E-state index in [1.165, 1.54) is 6.08 Å². The fourth-order valence-corrected chi connectivity index (χ4v) is 2.57. The highest BCUT2D eigenvalue weighted by atomic mass is 16.6. The number of hydrogen-bond donors (Lipinski definition) is 0. The second-order valence-electron chi connectivity index (χ2n) is 5.41. The average Bonchev–Trinajstić information content (AvgIpc) is 2.59. The van der Waals surface area contributed by atoms with Gasteiger partial charge in [-0.1, -0.05) is 36.4 Å². The molecule has 1 amide bonds. The fourth-order valence-electron chi connectivity index (χ4n) is 2.57. The molecule has 1 atom stereocenters. The number of ether oxygens (including phenoxy) is 2. The van der Waals surface area contributed by atoms with Gasteiger partial charge < -0.3 is 14.4 Å². The quantitative estimate of drug-likeness (QED) is 0.617. The van der Waals surface area contributed by atoms with Gasteiger partial charge in [-0.3, -0.25) is 0 Å². The standard InChI is InChI=1S/C18H23NO4/c1-2-22-17(20)12-11-16-10-6-7-13-19(16)18(21)23-14-15-8-4-3-5-9-15/h3-5,8-9,11-12,16H,2,6-7,10,13-14H2,1H3/b12-11+/t16-/m0/s1. The Morgan fingerprint density at radius 2 is 2.00 bits per heavy atom. The van der Waals surface area contributed by atoms with Gasteiger partial charge in [0.25, 0.3) is 0 Å². The van der Waals surface area contributed by atoms with Crippen LogP contribution in [0.4, 0.5) is 4.79 Å². The first-order valence-corrected chi connectivity index (χ1v) is 8.03. The van der Waals surface area contributed by atoms with Crippen LogP contribution >= 0.6 is 0 Å². The van der Waals surface area contributed by atoms with Crippen LogP contribution in [0, 0.1) is 0 Å². The maximum Gasteiger partial charge on any atom is 0.410 e. The van der Waals surface area contributed by atoms with Crippen LogP contribution in [-0.2, 0) is 20.9 Å². The van der Waals surface area contributed by atoms with E-state index in [-0.39, 0.29) is 24.7 Å². The van der Waals surface area contributed by atoms with Crippen LogP contribution in [-0.4, -0.2) is 36.2 Å². The number of nitrogens with zero attached hydrogens (tertiary/aromatic N) is 1. The third-order valence-electron chi connectivity index (χ3n) is 3.73. The van der Waals surface area contributed by atoms with Gasteiger partial charge in [-0.15, -0.1) is 0 Å². The molecule has 1 aliphatic heterocycles. The lowest BCUT2D eigenvalue weighted by atomic mass is 10.0. The van der Waals surface area contributed by atoms with Crippen LogP contribution in [0.2, 0.25) is 0 Å². The Labute approximate surface area is 136 Å². The van der Waals surface area contributed by atoms with Gasteiger partial charge in [0, 0.05) is 12.6 Å². The number of carbonyl (C=O) groups excluding carboxylic acids is 2. The Bertz CT molecular complexity index is 541. The Hall–Kier alpha value is -2.30. The Morgan fingerprint density at radius 1 is 1.22 bits per heavy atom. The molecule has 1 fully saturated rings. The van der Waals surface area contributed by atoms with Crippen LogP contribution in [0.15, 0.2) is 42.5 Å². The lowest BCUT2D eigenvalue weighted by Crippen LogP contribution is -2.43. The normalized spacial score (nSPS) is 18.0. The van der Waals surface area contributed by atoms with Crippen molar-refractivity contribution in [3.63, 3.8) is 0 Å². The van der Waals surface area contributed by atoms with Crippen molar-refractivity contribution >= 4 is 12.1 Å². The smallest absolute Gasteiger partial charge is 0.410 e. The predicted molar refractivity (Wildman–Crippen MR) is 86.7 cm³/mol. The zero-order chi connectivity index (χ0) is 16.5. The predicted octanol–water partition coefficient (Wildman–Crippen LogP) is 3.30. The van der Waals surface area contributed by atoms with Crippen LogP contribution < -0.4 is 0 Å². The Morgan fingerprint density at radius 3 is 2.74 bits per heavy atom. The number of piperidine rings is 1. The van der Waals surface area contributed by atoms with Crippen LogP contribution in [0.1, 0.15) is 31.7 Å². The lowest BCUT2D eigenvalue weighted by molar-refractivity contribution is -0.137. The van der Waals surface area contributed by atoms with E-state index in [0.29, 0.717) is 13.2 Å². The summed E-state index contributed by atoms with van der Waals surface area (Å²) < 4.78 is 10.3. The molecular formula is C18H23NO4. The summed E-state index contributed by atoms with van der Waals surface area (Å²) in [5, 5.41) is 0. The summed E-state index contributed by atoms with van der Waals surface area (Å²) in [4.78, 5) is 25.4. The molecular weight excluding hydrogens is 294 g/mol. The van der Waals surface area contributed by atoms with E-state index in [9.17, 15) is 9.59 Å². The van der Waals surface area contributed by atoms with Crippen molar-refractivity contribution in [2.24, 2.45) is 0 Å². The molecule has 0 aromatic heterocycles. The summed E-state index contributed by atoms with van der Waals surface area (Å²) in [7, 11) is 0. The molecule has 23 heavy (non-hydrogen) atoms. The summed E-state index contributed by atoms with van der Waals surface area (Å²) in [6.45, 7) is 3.01. The first-order chi connectivity index (χ1) is 11.2. The molecule has 124 valence electrons. The highest BCUT2D eigenvalue weighted by molar-refractivity contribution is 5.82. The molecule has 0 saturated carbocycles. The third-order valence-corrected chi connectivity index (χ3v) is 3.73. The Kier molecular flexibility index (Phi) is 6.66. The number of rotatable bonds is 5. The van der Waals surface area contributed by atoms with E-state index in [1.54, 1.807) is 17.9 Å². The van der Waals surface area contributed by atoms with Crippen molar-refractivity contribution in [1.29, 1.82) is 0 Å². The molecule has 0 radical (unpaired) electrons. The Balaban J connectivity index is 1.91. The SMILES string of the molecule is CCOC(=O)/C=C/[C@@H]1CCCCN1C(=O)OCc1ccccc1. The van der Waals surface area contributed by atoms with E-state index in [4.69, 9.17) is 9.47 Å². The topological polar surface area (TPSA) is 55.8 Å². The van der Waals surface area contributed by atoms with E-state index in [1.807, 2.05) is 30.3 Å². The van der Waals surface area contributed by atoms with Gasteiger partial charge in [-0.05, 0) is 31.7 Å². The van der Waals surface area contributed by atoms with Gasteiger partial charge in [-0.2, -0.15) is 0 Å². The van der Waals surface area contributed by atoms with Crippen LogP contribution in [0.25, 0.3) is 0 Å². The van der Waals surface area contributed by atoms with Gasteiger partial charge in [-0.25, -0.2) is 9.59 Å². The number of amides is 1. The minimum absolute atomic E-state index is 0.114. The van der Waals surface area contributed by atoms with Crippen molar-refractivity contribution in [3.05, 3.63) is 48.0 Å².